The van der Waals surface area contributed by atoms with Gasteiger partial charge in [-0.15, -0.1) is 0 Å². The second kappa shape index (κ2) is 12.3. The molecule has 0 aliphatic carbocycles. The van der Waals surface area contributed by atoms with E-state index in [-0.39, 0.29) is 12.1 Å². The summed E-state index contributed by atoms with van der Waals surface area (Å²) in [6.45, 7) is 13.2. The van der Waals surface area contributed by atoms with Crippen LogP contribution in [0.1, 0.15) is 53.9 Å². The topological polar surface area (TPSA) is 59.1 Å². The van der Waals surface area contributed by atoms with Crippen molar-refractivity contribution in [3.05, 3.63) is 0 Å². The summed E-state index contributed by atoms with van der Waals surface area (Å²) < 4.78 is 10.9. The van der Waals surface area contributed by atoms with Crippen LogP contribution in [0, 0.1) is 0 Å². The third-order valence-corrected chi connectivity index (χ3v) is 3.56. The van der Waals surface area contributed by atoms with Gasteiger partial charge >= 0.3 is 6.09 Å². The Balaban J connectivity index is 4.26. The van der Waals surface area contributed by atoms with Crippen LogP contribution in [0.5, 0.6) is 0 Å². The molecule has 0 N–H and O–H groups in total. The summed E-state index contributed by atoms with van der Waals surface area (Å²) in [6.07, 6.45) is 2.88. The first kappa shape index (κ1) is 22.9. The van der Waals surface area contributed by atoms with Gasteiger partial charge in [0.1, 0.15) is 11.9 Å². The van der Waals surface area contributed by atoms with Gasteiger partial charge in [0, 0.05) is 38.7 Å². The zero-order chi connectivity index (χ0) is 18.6. The first-order chi connectivity index (χ1) is 11.2. The highest BCUT2D eigenvalue weighted by molar-refractivity contribution is 5.68. The number of likely N-dealkylation sites (N-methyl/N-ethyl adjacent to an activating group) is 1. The predicted octanol–water partition coefficient (Wildman–Crippen LogP) is 2.95. The molecule has 24 heavy (non-hydrogen) atoms. The molecule has 1 atom stereocenters. The second-order valence-corrected chi connectivity index (χ2v) is 7.18. The molecule has 142 valence electrons. The van der Waals surface area contributed by atoms with E-state index in [1.165, 1.54) is 0 Å². The van der Waals surface area contributed by atoms with Gasteiger partial charge in [-0.1, -0.05) is 6.92 Å². The molecule has 0 aromatic rings. The molecule has 0 bridgehead atoms. The maximum Gasteiger partial charge on any atom is 0.410 e. The van der Waals surface area contributed by atoms with E-state index in [1.54, 1.807) is 4.90 Å². The van der Waals surface area contributed by atoms with E-state index in [0.717, 1.165) is 25.7 Å². The van der Waals surface area contributed by atoms with Crippen molar-refractivity contribution in [1.29, 1.82) is 0 Å². The summed E-state index contributed by atoms with van der Waals surface area (Å²) in [5, 5.41) is 0. The minimum absolute atomic E-state index is 0.235. The number of carbonyl (C=O) groups excluding carboxylic acids is 2. The lowest BCUT2D eigenvalue weighted by Crippen LogP contribution is -2.45. The minimum Gasteiger partial charge on any atom is -0.444 e. The van der Waals surface area contributed by atoms with E-state index in [1.807, 2.05) is 20.8 Å². The normalized spacial score (nSPS) is 13.0. The largest absolute Gasteiger partial charge is 0.444 e. The van der Waals surface area contributed by atoms with Crippen molar-refractivity contribution >= 4 is 12.4 Å². The summed E-state index contributed by atoms with van der Waals surface area (Å²) in [6, 6.07) is 0.235. The Hall–Kier alpha value is -1.14. The minimum atomic E-state index is -0.475. The van der Waals surface area contributed by atoms with Crippen molar-refractivity contribution in [2.45, 2.75) is 65.5 Å². The zero-order valence-corrected chi connectivity index (χ0v) is 16.3. The molecular weight excluding hydrogens is 308 g/mol. The van der Waals surface area contributed by atoms with Crippen molar-refractivity contribution in [2.75, 3.05) is 39.9 Å². The molecule has 1 amide bonds. The Morgan fingerprint density at radius 3 is 2.42 bits per heavy atom. The van der Waals surface area contributed by atoms with E-state index in [2.05, 4.69) is 25.8 Å². The summed E-state index contributed by atoms with van der Waals surface area (Å²) in [7, 11) is 2.05. The number of aldehydes is 1. The first-order valence-corrected chi connectivity index (χ1v) is 8.90. The third kappa shape index (κ3) is 11.4. The highest BCUT2D eigenvalue weighted by Gasteiger charge is 2.23. The van der Waals surface area contributed by atoms with Gasteiger partial charge in [-0.05, 0) is 47.6 Å². The molecule has 0 saturated heterocycles. The first-order valence-electron chi connectivity index (χ1n) is 8.90. The van der Waals surface area contributed by atoms with Crippen LogP contribution in [0.25, 0.3) is 0 Å². The molecule has 0 heterocycles. The Morgan fingerprint density at radius 1 is 1.21 bits per heavy atom. The molecule has 6 nitrogen and oxygen atoms in total. The van der Waals surface area contributed by atoms with Crippen LogP contribution in [0.4, 0.5) is 4.79 Å². The standard InChI is InChI=1S/C18H36N2O4/c1-7-10-20(17(22)24-18(3,4)5)15-16(2)19(6)11-8-13-23-14-9-12-21/h12,16H,7-11,13-15H2,1-6H3. The van der Waals surface area contributed by atoms with E-state index in [0.29, 0.717) is 32.7 Å². The van der Waals surface area contributed by atoms with Gasteiger partial charge in [0.15, 0.2) is 0 Å². The van der Waals surface area contributed by atoms with Gasteiger partial charge in [-0.2, -0.15) is 0 Å². The predicted molar refractivity (Wildman–Crippen MR) is 96.3 cm³/mol. The lowest BCUT2D eigenvalue weighted by molar-refractivity contribution is -0.108. The molecule has 0 fully saturated rings. The number of amides is 1. The molecule has 0 aromatic heterocycles. The Bertz CT molecular complexity index is 355. The third-order valence-electron chi connectivity index (χ3n) is 3.56. The molecule has 0 rings (SSSR count). The average molecular weight is 344 g/mol. The fourth-order valence-corrected chi connectivity index (χ4v) is 2.18. The van der Waals surface area contributed by atoms with E-state index in [9.17, 15) is 9.59 Å². The quantitative estimate of drug-likeness (QED) is 0.402. The fourth-order valence-electron chi connectivity index (χ4n) is 2.18. The molecule has 0 aliphatic rings. The van der Waals surface area contributed by atoms with Crippen molar-refractivity contribution in [2.24, 2.45) is 0 Å². The molecular formula is C18H36N2O4. The molecule has 6 heteroatoms. The van der Waals surface area contributed by atoms with Crippen LogP contribution in [-0.4, -0.2) is 73.7 Å². The van der Waals surface area contributed by atoms with Crippen LogP contribution in [0.3, 0.4) is 0 Å². The fraction of sp³-hybridized carbons (Fsp3) is 0.889. The van der Waals surface area contributed by atoms with Gasteiger partial charge in [0.25, 0.3) is 0 Å². The van der Waals surface area contributed by atoms with Crippen LogP contribution in [0.15, 0.2) is 0 Å². The number of carbonyl (C=O) groups is 2. The number of hydrogen-bond acceptors (Lipinski definition) is 5. The second-order valence-electron chi connectivity index (χ2n) is 7.18. The van der Waals surface area contributed by atoms with Gasteiger partial charge in [-0.25, -0.2) is 4.79 Å². The van der Waals surface area contributed by atoms with Crippen LogP contribution in [0.2, 0.25) is 0 Å². The molecule has 0 spiro atoms. The molecule has 0 aliphatic heterocycles. The number of rotatable bonds is 12. The SMILES string of the molecule is CCCN(CC(C)N(C)CCCOCCC=O)C(=O)OC(C)(C)C. The Kier molecular flexibility index (Phi) is 11.7. The van der Waals surface area contributed by atoms with E-state index < -0.39 is 5.60 Å². The van der Waals surface area contributed by atoms with Crippen LogP contribution in [-0.2, 0) is 14.3 Å². The number of hydrogen-bond donors (Lipinski definition) is 0. The van der Waals surface area contributed by atoms with Crippen LogP contribution < -0.4 is 0 Å². The number of nitrogens with zero attached hydrogens (tertiary/aromatic N) is 2. The Morgan fingerprint density at radius 2 is 1.88 bits per heavy atom. The van der Waals surface area contributed by atoms with E-state index in [4.69, 9.17) is 9.47 Å². The van der Waals surface area contributed by atoms with E-state index >= 15 is 0 Å². The maximum absolute atomic E-state index is 12.3. The lowest BCUT2D eigenvalue weighted by atomic mass is 10.2. The van der Waals surface area contributed by atoms with Crippen molar-refractivity contribution in [3.8, 4) is 0 Å². The smallest absolute Gasteiger partial charge is 0.410 e. The summed E-state index contributed by atoms with van der Waals surface area (Å²) >= 11 is 0. The maximum atomic E-state index is 12.3. The molecule has 0 saturated carbocycles. The lowest BCUT2D eigenvalue weighted by Gasteiger charge is -2.32. The monoisotopic (exact) mass is 344 g/mol. The molecule has 0 radical (unpaired) electrons. The van der Waals surface area contributed by atoms with Gasteiger partial charge in [-0.3, -0.25) is 0 Å². The average Bonchev–Trinajstić information content (AvgIpc) is 2.48. The van der Waals surface area contributed by atoms with Gasteiger partial charge in [0.2, 0.25) is 0 Å². The van der Waals surface area contributed by atoms with Crippen LogP contribution >= 0.6 is 0 Å². The molecule has 1 unspecified atom stereocenters. The highest BCUT2D eigenvalue weighted by Crippen LogP contribution is 2.11. The highest BCUT2D eigenvalue weighted by atomic mass is 16.6. The van der Waals surface area contributed by atoms with Crippen molar-refractivity contribution in [1.82, 2.24) is 9.80 Å². The van der Waals surface area contributed by atoms with Crippen molar-refractivity contribution < 1.29 is 19.1 Å². The van der Waals surface area contributed by atoms with Crippen molar-refractivity contribution in [3.63, 3.8) is 0 Å². The summed E-state index contributed by atoms with van der Waals surface area (Å²) in [4.78, 5) is 26.5. The Labute approximate surface area is 147 Å². The summed E-state index contributed by atoms with van der Waals surface area (Å²) in [5.74, 6) is 0. The van der Waals surface area contributed by atoms with Gasteiger partial charge < -0.3 is 24.1 Å². The summed E-state index contributed by atoms with van der Waals surface area (Å²) in [5.41, 5.74) is -0.475. The number of ether oxygens (including phenoxy) is 2. The zero-order valence-electron chi connectivity index (χ0n) is 16.3. The van der Waals surface area contributed by atoms with Gasteiger partial charge in [0.05, 0.1) is 6.61 Å². The molecule has 0 aromatic carbocycles.